The third-order valence-corrected chi connectivity index (χ3v) is 7.49. The number of phenolic OH excluding ortho intramolecular Hbond substituents is 1. The summed E-state index contributed by atoms with van der Waals surface area (Å²) in [7, 11) is 3.23. The summed E-state index contributed by atoms with van der Waals surface area (Å²) in [5.41, 5.74) is 3.16. The van der Waals surface area contributed by atoms with Crippen molar-refractivity contribution in [1.82, 2.24) is 4.90 Å². The van der Waals surface area contributed by atoms with E-state index in [1.807, 2.05) is 72.8 Å². The highest BCUT2D eigenvalue weighted by Gasteiger charge is 2.11. The van der Waals surface area contributed by atoms with Crippen molar-refractivity contribution in [2.75, 3.05) is 40.5 Å². The summed E-state index contributed by atoms with van der Waals surface area (Å²) in [6, 6.07) is 28.8. The molecule has 7 heteroatoms. The van der Waals surface area contributed by atoms with E-state index in [1.54, 1.807) is 26.4 Å². The number of piperidine rings is 1. The van der Waals surface area contributed by atoms with E-state index in [0.717, 1.165) is 34.9 Å². The number of ketones is 2. The SMILES string of the molecule is COc1cccc(CC(=O)c2ccc(O)cc2)c1.COc1cccc(CC(=O)c2ccc(OCCN3CCCCC3)cc2)c1. The van der Waals surface area contributed by atoms with Gasteiger partial charge in [-0.05, 0) is 110 Å². The van der Waals surface area contributed by atoms with Gasteiger partial charge in [-0.25, -0.2) is 0 Å². The molecule has 1 heterocycles. The standard InChI is InChI=1S/C22H27NO3.C15H14O3/c1-25-21-7-5-6-18(16-21)17-22(24)19-8-10-20(11-9-19)26-15-14-23-12-3-2-4-13-23;1-18-14-4-2-3-11(9-14)10-15(17)12-5-7-13(16)8-6-12/h5-11,16H,2-4,12-15,17H2,1H3;2-9,16H,10H2,1H3. The molecule has 5 rings (SSSR count). The molecule has 0 aliphatic carbocycles. The fourth-order valence-electron chi connectivity index (χ4n) is 5.00. The molecule has 0 atom stereocenters. The number of Topliss-reactive ketones (excluding diaryl/α,β-unsaturated/α-hetero) is 2. The normalized spacial score (nSPS) is 12.9. The molecule has 4 aromatic carbocycles. The van der Waals surface area contributed by atoms with Crippen molar-refractivity contribution in [3.05, 3.63) is 119 Å². The van der Waals surface area contributed by atoms with Gasteiger partial charge in [-0.2, -0.15) is 0 Å². The number of carbonyl (C=O) groups excluding carboxylic acids is 2. The van der Waals surface area contributed by atoms with Crippen LogP contribution in [0.2, 0.25) is 0 Å². The number of benzene rings is 4. The van der Waals surface area contributed by atoms with Gasteiger partial charge in [0.15, 0.2) is 11.6 Å². The van der Waals surface area contributed by atoms with Crippen LogP contribution in [-0.2, 0) is 12.8 Å². The van der Waals surface area contributed by atoms with Crippen LogP contribution < -0.4 is 14.2 Å². The fourth-order valence-corrected chi connectivity index (χ4v) is 5.00. The van der Waals surface area contributed by atoms with Gasteiger partial charge in [0.1, 0.15) is 29.6 Å². The van der Waals surface area contributed by atoms with Gasteiger partial charge in [-0.15, -0.1) is 0 Å². The maximum absolute atomic E-state index is 12.5. The highest BCUT2D eigenvalue weighted by molar-refractivity contribution is 5.98. The van der Waals surface area contributed by atoms with Gasteiger partial charge in [0.2, 0.25) is 0 Å². The second-order valence-electron chi connectivity index (χ2n) is 10.7. The molecule has 44 heavy (non-hydrogen) atoms. The van der Waals surface area contributed by atoms with E-state index in [2.05, 4.69) is 4.90 Å². The zero-order valence-corrected chi connectivity index (χ0v) is 25.5. The number of hydrogen-bond acceptors (Lipinski definition) is 7. The molecule has 1 fully saturated rings. The Morgan fingerprint density at radius 1 is 0.659 bits per heavy atom. The largest absolute Gasteiger partial charge is 0.508 e. The summed E-state index contributed by atoms with van der Waals surface area (Å²) in [6.07, 6.45) is 4.63. The van der Waals surface area contributed by atoms with E-state index < -0.39 is 0 Å². The number of carbonyl (C=O) groups is 2. The molecule has 0 aromatic heterocycles. The smallest absolute Gasteiger partial charge is 0.167 e. The van der Waals surface area contributed by atoms with Gasteiger partial charge < -0.3 is 19.3 Å². The van der Waals surface area contributed by atoms with Crippen LogP contribution in [0.5, 0.6) is 23.0 Å². The van der Waals surface area contributed by atoms with E-state index >= 15 is 0 Å². The van der Waals surface area contributed by atoms with Crippen molar-refractivity contribution in [2.24, 2.45) is 0 Å². The minimum absolute atomic E-state index is 0.0169. The Balaban J connectivity index is 0.000000215. The lowest BCUT2D eigenvalue weighted by atomic mass is 10.0. The van der Waals surface area contributed by atoms with E-state index in [4.69, 9.17) is 19.3 Å². The second kappa shape index (κ2) is 16.9. The van der Waals surface area contributed by atoms with E-state index in [0.29, 0.717) is 30.6 Å². The van der Waals surface area contributed by atoms with E-state index in [9.17, 15) is 9.59 Å². The van der Waals surface area contributed by atoms with Gasteiger partial charge in [0.05, 0.1) is 14.2 Å². The van der Waals surface area contributed by atoms with Crippen LogP contribution in [0.1, 0.15) is 51.1 Å². The molecule has 0 radical (unpaired) electrons. The molecule has 0 saturated carbocycles. The number of likely N-dealkylation sites (tertiary alicyclic amines) is 1. The summed E-state index contributed by atoms with van der Waals surface area (Å²) < 4.78 is 16.1. The number of rotatable bonds is 12. The molecule has 1 N–H and O–H groups in total. The zero-order chi connectivity index (χ0) is 31.1. The van der Waals surface area contributed by atoms with Gasteiger partial charge in [-0.1, -0.05) is 30.7 Å². The first kappa shape index (κ1) is 32.3. The van der Waals surface area contributed by atoms with Gasteiger partial charge in [0.25, 0.3) is 0 Å². The van der Waals surface area contributed by atoms with Crippen molar-refractivity contribution in [2.45, 2.75) is 32.1 Å². The van der Waals surface area contributed by atoms with Crippen LogP contribution in [0.4, 0.5) is 0 Å². The van der Waals surface area contributed by atoms with Gasteiger partial charge in [-0.3, -0.25) is 14.5 Å². The summed E-state index contributed by atoms with van der Waals surface area (Å²) >= 11 is 0. The van der Waals surface area contributed by atoms with Gasteiger partial charge in [0, 0.05) is 30.5 Å². The van der Waals surface area contributed by atoms with Crippen LogP contribution in [0.25, 0.3) is 0 Å². The molecular weight excluding hydrogens is 554 g/mol. The lowest BCUT2D eigenvalue weighted by Crippen LogP contribution is -2.33. The average Bonchev–Trinajstić information content (AvgIpc) is 3.06. The topological polar surface area (TPSA) is 85.3 Å². The first-order valence-electron chi connectivity index (χ1n) is 15.0. The van der Waals surface area contributed by atoms with E-state index in [1.165, 1.54) is 44.5 Å². The number of hydrogen-bond donors (Lipinski definition) is 1. The van der Waals surface area contributed by atoms with E-state index in [-0.39, 0.29) is 17.3 Å². The maximum Gasteiger partial charge on any atom is 0.167 e. The summed E-state index contributed by atoms with van der Waals surface area (Å²) in [6.45, 7) is 4.02. The van der Waals surface area contributed by atoms with Crippen LogP contribution in [0.15, 0.2) is 97.1 Å². The lowest BCUT2D eigenvalue weighted by Gasteiger charge is -2.26. The first-order valence-corrected chi connectivity index (χ1v) is 15.0. The Bertz CT molecular complexity index is 1480. The van der Waals surface area contributed by atoms with Crippen molar-refractivity contribution >= 4 is 11.6 Å². The van der Waals surface area contributed by atoms with Crippen molar-refractivity contribution in [3.8, 4) is 23.0 Å². The third kappa shape index (κ3) is 10.3. The lowest BCUT2D eigenvalue weighted by molar-refractivity contribution is 0.0984. The molecule has 7 nitrogen and oxygen atoms in total. The molecule has 230 valence electrons. The fraction of sp³-hybridized carbons (Fsp3) is 0.297. The predicted molar refractivity (Wildman–Crippen MR) is 172 cm³/mol. The number of ether oxygens (including phenoxy) is 3. The Morgan fingerprint density at radius 3 is 1.66 bits per heavy atom. The highest BCUT2D eigenvalue weighted by atomic mass is 16.5. The molecule has 0 amide bonds. The predicted octanol–water partition coefficient (Wildman–Crippen LogP) is 6.81. The minimum atomic E-state index is 0.0169. The summed E-state index contributed by atoms with van der Waals surface area (Å²) in [5.74, 6) is 2.60. The maximum atomic E-state index is 12.5. The molecule has 0 bridgehead atoms. The molecule has 1 saturated heterocycles. The molecule has 4 aromatic rings. The number of nitrogens with zero attached hydrogens (tertiary/aromatic N) is 1. The summed E-state index contributed by atoms with van der Waals surface area (Å²) in [5, 5.41) is 9.17. The van der Waals surface area contributed by atoms with Crippen molar-refractivity contribution < 1.29 is 28.9 Å². The minimum Gasteiger partial charge on any atom is -0.508 e. The molecule has 0 spiro atoms. The van der Waals surface area contributed by atoms with Crippen LogP contribution >= 0.6 is 0 Å². The third-order valence-electron chi connectivity index (χ3n) is 7.49. The second-order valence-corrected chi connectivity index (χ2v) is 10.7. The average molecular weight is 596 g/mol. The van der Waals surface area contributed by atoms with Crippen LogP contribution in [0, 0.1) is 0 Å². The number of aromatic hydroxyl groups is 1. The number of phenols is 1. The van der Waals surface area contributed by atoms with Crippen molar-refractivity contribution in [1.29, 1.82) is 0 Å². The zero-order valence-electron chi connectivity index (χ0n) is 25.5. The highest BCUT2D eigenvalue weighted by Crippen LogP contribution is 2.18. The quantitative estimate of drug-likeness (QED) is 0.180. The Labute approximate surface area is 260 Å². The van der Waals surface area contributed by atoms with Crippen molar-refractivity contribution in [3.63, 3.8) is 0 Å². The molecular formula is C37H41NO6. The monoisotopic (exact) mass is 595 g/mol. The Morgan fingerprint density at radius 2 is 1.16 bits per heavy atom. The van der Waals surface area contributed by atoms with Gasteiger partial charge >= 0.3 is 0 Å². The Hall–Kier alpha value is -4.62. The molecule has 1 aliphatic heterocycles. The molecule has 0 unspecified atom stereocenters. The first-order chi connectivity index (χ1) is 21.4. The van der Waals surface area contributed by atoms with Crippen LogP contribution in [0.3, 0.4) is 0 Å². The number of methoxy groups -OCH3 is 2. The van der Waals surface area contributed by atoms with Crippen LogP contribution in [-0.4, -0.2) is 62.0 Å². The Kier molecular flexibility index (Phi) is 12.4. The summed E-state index contributed by atoms with van der Waals surface area (Å²) in [4.78, 5) is 26.9. The molecule has 1 aliphatic rings.